The number of nitrogens with zero attached hydrogens (tertiary/aromatic N) is 1. The standard InChI is InChI=1S/C31H37ClN2O5/c1-5-24-18-23(16-17-34(24)2)33-31(35)27-14-15-28(38-19-21-6-10-25(36-3)11-7-21)30(29(27)32)39-20-22-8-12-26(37-4)13-9-22/h6-15,23-24H,5,16-20H2,1-4H3,(H,33,35)/t23-,24-/m1/s1. The average molecular weight is 553 g/mol. The maximum atomic E-state index is 13.3. The van der Waals surface area contributed by atoms with Gasteiger partial charge in [-0.25, -0.2) is 0 Å². The van der Waals surface area contributed by atoms with Gasteiger partial charge in [-0.1, -0.05) is 42.8 Å². The molecule has 1 saturated heterocycles. The van der Waals surface area contributed by atoms with Crippen molar-refractivity contribution in [3.8, 4) is 23.0 Å². The number of rotatable bonds is 11. The van der Waals surface area contributed by atoms with Gasteiger partial charge in [0.05, 0.1) is 24.8 Å². The van der Waals surface area contributed by atoms with Gasteiger partial charge < -0.3 is 29.2 Å². The van der Waals surface area contributed by atoms with Crippen LogP contribution < -0.4 is 24.3 Å². The molecule has 4 rings (SSSR count). The third kappa shape index (κ3) is 7.37. The van der Waals surface area contributed by atoms with Crippen LogP contribution in [-0.4, -0.2) is 50.7 Å². The summed E-state index contributed by atoms with van der Waals surface area (Å²) in [6, 6.07) is 19.2. The quantitative estimate of drug-likeness (QED) is 0.309. The maximum absolute atomic E-state index is 13.3. The monoisotopic (exact) mass is 552 g/mol. The van der Waals surface area contributed by atoms with Gasteiger partial charge in [0.2, 0.25) is 0 Å². The summed E-state index contributed by atoms with van der Waals surface area (Å²) in [5.74, 6) is 2.13. The number of likely N-dealkylation sites (tertiary alicyclic amines) is 1. The maximum Gasteiger partial charge on any atom is 0.253 e. The minimum absolute atomic E-state index is 0.101. The Kier molecular flexibility index (Phi) is 9.96. The molecule has 3 aromatic carbocycles. The van der Waals surface area contributed by atoms with E-state index in [4.69, 9.17) is 30.5 Å². The van der Waals surface area contributed by atoms with Crippen molar-refractivity contribution in [2.75, 3.05) is 27.8 Å². The van der Waals surface area contributed by atoms with E-state index in [1.54, 1.807) is 26.4 Å². The van der Waals surface area contributed by atoms with Gasteiger partial charge in [0, 0.05) is 18.6 Å². The number of ether oxygens (including phenoxy) is 4. The summed E-state index contributed by atoms with van der Waals surface area (Å²) >= 11 is 6.83. The molecule has 3 aromatic rings. The Hall–Kier alpha value is -3.42. The largest absolute Gasteiger partial charge is 0.497 e. The van der Waals surface area contributed by atoms with E-state index in [-0.39, 0.29) is 23.6 Å². The lowest BCUT2D eigenvalue weighted by atomic mass is 9.95. The van der Waals surface area contributed by atoms with Gasteiger partial charge in [0.15, 0.2) is 11.5 Å². The van der Waals surface area contributed by atoms with Gasteiger partial charge in [0.25, 0.3) is 5.91 Å². The topological polar surface area (TPSA) is 69.3 Å². The number of methoxy groups -OCH3 is 2. The Labute approximate surface area is 236 Å². The molecule has 1 fully saturated rings. The van der Waals surface area contributed by atoms with Crippen molar-refractivity contribution in [3.63, 3.8) is 0 Å². The summed E-state index contributed by atoms with van der Waals surface area (Å²) in [5.41, 5.74) is 2.26. The summed E-state index contributed by atoms with van der Waals surface area (Å²) < 4.78 is 22.8. The Bertz CT molecular complexity index is 1230. The molecule has 8 heteroatoms. The number of amides is 1. The highest BCUT2D eigenvalue weighted by Crippen LogP contribution is 2.39. The fraction of sp³-hybridized carbons (Fsp3) is 0.387. The SMILES string of the molecule is CC[C@@H]1C[C@H](NC(=O)c2ccc(OCc3ccc(OC)cc3)c(OCc3ccc(OC)cc3)c2Cl)CCN1C. The van der Waals surface area contributed by atoms with Crippen LogP contribution in [0, 0.1) is 0 Å². The van der Waals surface area contributed by atoms with Crippen LogP contribution in [-0.2, 0) is 13.2 Å². The lowest BCUT2D eigenvalue weighted by Gasteiger charge is -2.37. The molecule has 1 aliphatic rings. The van der Waals surface area contributed by atoms with Gasteiger partial charge in [-0.3, -0.25) is 4.79 Å². The number of halogens is 1. The molecule has 0 spiro atoms. The van der Waals surface area contributed by atoms with Crippen molar-refractivity contribution in [1.29, 1.82) is 0 Å². The molecule has 7 nitrogen and oxygen atoms in total. The number of carbonyl (C=O) groups excluding carboxylic acids is 1. The first kappa shape index (κ1) is 28.6. The number of carbonyl (C=O) groups is 1. The number of hydrogen-bond donors (Lipinski definition) is 1. The summed E-state index contributed by atoms with van der Waals surface area (Å²) in [6.07, 6.45) is 2.87. The van der Waals surface area contributed by atoms with Crippen molar-refractivity contribution < 1.29 is 23.7 Å². The minimum atomic E-state index is -0.208. The van der Waals surface area contributed by atoms with Crippen LogP contribution in [0.15, 0.2) is 60.7 Å². The molecular formula is C31H37ClN2O5. The summed E-state index contributed by atoms with van der Waals surface area (Å²) in [6.45, 7) is 3.68. The first-order chi connectivity index (χ1) is 18.9. The smallest absolute Gasteiger partial charge is 0.253 e. The summed E-state index contributed by atoms with van der Waals surface area (Å²) in [5, 5.41) is 3.42. The van der Waals surface area contributed by atoms with Crippen molar-refractivity contribution in [3.05, 3.63) is 82.4 Å². The molecule has 1 amide bonds. The van der Waals surface area contributed by atoms with E-state index in [1.807, 2.05) is 48.5 Å². The van der Waals surface area contributed by atoms with E-state index in [0.717, 1.165) is 48.4 Å². The van der Waals surface area contributed by atoms with Crippen LogP contribution in [0.1, 0.15) is 47.7 Å². The summed E-state index contributed by atoms with van der Waals surface area (Å²) in [7, 11) is 5.40. The fourth-order valence-electron chi connectivity index (χ4n) is 4.76. The molecule has 0 aliphatic carbocycles. The van der Waals surface area contributed by atoms with Crippen LogP contribution in [0.5, 0.6) is 23.0 Å². The zero-order valence-corrected chi connectivity index (χ0v) is 23.8. The number of hydrogen-bond acceptors (Lipinski definition) is 6. The van der Waals surface area contributed by atoms with Crippen LogP contribution in [0.4, 0.5) is 0 Å². The average Bonchev–Trinajstić information content (AvgIpc) is 2.97. The van der Waals surface area contributed by atoms with Crippen LogP contribution in [0.3, 0.4) is 0 Å². The van der Waals surface area contributed by atoms with E-state index in [1.165, 1.54) is 0 Å². The van der Waals surface area contributed by atoms with Crippen molar-refractivity contribution >= 4 is 17.5 Å². The zero-order valence-electron chi connectivity index (χ0n) is 23.0. The zero-order chi connectivity index (χ0) is 27.8. The summed E-state index contributed by atoms with van der Waals surface area (Å²) in [4.78, 5) is 15.7. The number of piperidine rings is 1. The van der Waals surface area contributed by atoms with Gasteiger partial charge in [-0.05, 0) is 73.8 Å². The molecule has 1 aliphatic heterocycles. The predicted molar refractivity (Wildman–Crippen MR) is 153 cm³/mol. The molecule has 2 atom stereocenters. The lowest BCUT2D eigenvalue weighted by Crippen LogP contribution is -2.48. The van der Waals surface area contributed by atoms with E-state index in [0.29, 0.717) is 29.7 Å². The van der Waals surface area contributed by atoms with E-state index >= 15 is 0 Å². The lowest BCUT2D eigenvalue weighted by molar-refractivity contribution is 0.0886. The fourth-order valence-corrected chi connectivity index (χ4v) is 5.06. The van der Waals surface area contributed by atoms with Crippen molar-refractivity contribution in [1.82, 2.24) is 10.2 Å². The van der Waals surface area contributed by atoms with E-state index in [2.05, 4.69) is 24.2 Å². The van der Waals surface area contributed by atoms with Crippen molar-refractivity contribution in [2.45, 2.75) is 51.5 Å². The molecule has 0 aromatic heterocycles. The molecule has 0 bridgehead atoms. The van der Waals surface area contributed by atoms with Crippen LogP contribution in [0.25, 0.3) is 0 Å². The molecule has 0 unspecified atom stereocenters. The van der Waals surface area contributed by atoms with E-state index < -0.39 is 0 Å². The molecule has 208 valence electrons. The second-order valence-corrected chi connectivity index (χ2v) is 10.1. The minimum Gasteiger partial charge on any atom is -0.497 e. The highest BCUT2D eigenvalue weighted by molar-refractivity contribution is 6.35. The molecule has 1 N–H and O–H groups in total. The number of nitrogens with one attached hydrogen (secondary N) is 1. The molecular weight excluding hydrogens is 516 g/mol. The predicted octanol–water partition coefficient (Wildman–Crippen LogP) is 6.12. The van der Waals surface area contributed by atoms with Gasteiger partial charge in [-0.2, -0.15) is 0 Å². The second-order valence-electron chi connectivity index (χ2n) is 9.77. The molecule has 0 saturated carbocycles. The molecule has 39 heavy (non-hydrogen) atoms. The van der Waals surface area contributed by atoms with Crippen molar-refractivity contribution in [2.24, 2.45) is 0 Å². The first-order valence-corrected chi connectivity index (χ1v) is 13.6. The third-order valence-corrected chi connectivity index (χ3v) is 7.59. The number of benzene rings is 3. The first-order valence-electron chi connectivity index (χ1n) is 13.3. The van der Waals surface area contributed by atoms with E-state index in [9.17, 15) is 4.79 Å². The Morgan fingerprint density at radius 1 is 0.923 bits per heavy atom. The molecule has 0 radical (unpaired) electrons. The Balaban J connectivity index is 1.53. The normalized spacial score (nSPS) is 17.4. The third-order valence-electron chi connectivity index (χ3n) is 7.22. The van der Waals surface area contributed by atoms with Gasteiger partial charge in [0.1, 0.15) is 24.7 Å². The van der Waals surface area contributed by atoms with Gasteiger partial charge in [-0.15, -0.1) is 0 Å². The Morgan fingerprint density at radius 2 is 1.51 bits per heavy atom. The van der Waals surface area contributed by atoms with Crippen LogP contribution in [0.2, 0.25) is 5.02 Å². The second kappa shape index (κ2) is 13.6. The highest BCUT2D eigenvalue weighted by atomic mass is 35.5. The van der Waals surface area contributed by atoms with Crippen LogP contribution >= 0.6 is 11.6 Å². The molecule has 1 heterocycles. The highest BCUT2D eigenvalue weighted by Gasteiger charge is 2.27. The van der Waals surface area contributed by atoms with Gasteiger partial charge >= 0.3 is 0 Å². The Morgan fingerprint density at radius 3 is 2.08 bits per heavy atom.